The van der Waals surface area contributed by atoms with Crippen LogP contribution in [0, 0.1) is 0 Å². The Labute approximate surface area is 200 Å². The molecule has 0 unspecified atom stereocenters. The van der Waals surface area contributed by atoms with Gasteiger partial charge in [0.05, 0.1) is 23.0 Å². The van der Waals surface area contributed by atoms with Gasteiger partial charge in [-0.05, 0) is 42.8 Å². The van der Waals surface area contributed by atoms with E-state index in [4.69, 9.17) is 0 Å². The van der Waals surface area contributed by atoms with E-state index in [2.05, 4.69) is 15.2 Å². The number of nitrogens with zero attached hydrogens (tertiary/aromatic N) is 3. The molecule has 1 atom stereocenters. The highest BCUT2D eigenvalue weighted by Gasteiger charge is 2.40. The first-order valence-corrected chi connectivity index (χ1v) is 11.4. The second kappa shape index (κ2) is 8.72. The first-order valence-electron chi connectivity index (χ1n) is 11.4. The molecular weight excluding hydrogens is 457 g/mol. The highest BCUT2D eigenvalue weighted by atomic mass is 19.4. The number of amides is 2. The van der Waals surface area contributed by atoms with Gasteiger partial charge in [-0.15, -0.1) is 0 Å². The molecule has 180 valence electrons. The third-order valence-electron chi connectivity index (χ3n) is 6.41. The Hall–Kier alpha value is -3.88. The van der Waals surface area contributed by atoms with Crippen LogP contribution in [0.15, 0.2) is 60.7 Å². The number of aromatic nitrogens is 1. The molecule has 5 rings (SSSR count). The Morgan fingerprint density at radius 1 is 1.09 bits per heavy atom. The number of nitrogens with one attached hydrogen (secondary N) is 1. The fourth-order valence-electron chi connectivity index (χ4n) is 4.65. The van der Waals surface area contributed by atoms with Gasteiger partial charge in [-0.1, -0.05) is 31.2 Å². The largest absolute Gasteiger partial charge is 0.416 e. The number of fused-ring (bicyclic) bond motifs is 4. The first kappa shape index (κ1) is 22.9. The van der Waals surface area contributed by atoms with Crippen LogP contribution in [0.3, 0.4) is 0 Å². The minimum atomic E-state index is -4.46. The number of Topliss-reactive ketones (excluding diaryl/α,β-unsaturated/α-hetero) is 1. The molecule has 0 spiro atoms. The van der Waals surface area contributed by atoms with Crippen LogP contribution in [0.2, 0.25) is 0 Å². The summed E-state index contributed by atoms with van der Waals surface area (Å²) in [6.45, 7) is 3.18. The van der Waals surface area contributed by atoms with Crippen molar-refractivity contribution in [3.05, 3.63) is 71.8 Å². The summed E-state index contributed by atoms with van der Waals surface area (Å²) in [5, 5.41) is 2.87. The van der Waals surface area contributed by atoms with Crippen molar-refractivity contribution < 1.29 is 22.8 Å². The van der Waals surface area contributed by atoms with Gasteiger partial charge in [-0.3, -0.25) is 9.69 Å². The van der Waals surface area contributed by atoms with E-state index in [1.54, 1.807) is 54.3 Å². The van der Waals surface area contributed by atoms with Crippen molar-refractivity contribution >= 4 is 29.0 Å². The lowest BCUT2D eigenvalue weighted by atomic mass is 10.1. The average molecular weight is 480 g/mol. The number of halogens is 3. The maximum absolute atomic E-state index is 13.4. The van der Waals surface area contributed by atoms with E-state index in [1.165, 1.54) is 6.07 Å². The Morgan fingerprint density at radius 2 is 1.89 bits per heavy atom. The van der Waals surface area contributed by atoms with E-state index in [0.717, 1.165) is 30.8 Å². The van der Waals surface area contributed by atoms with Crippen LogP contribution in [-0.2, 0) is 6.18 Å². The molecule has 2 bridgehead atoms. The lowest BCUT2D eigenvalue weighted by molar-refractivity contribution is -0.137. The van der Waals surface area contributed by atoms with E-state index >= 15 is 0 Å². The Kier molecular flexibility index (Phi) is 5.70. The Morgan fingerprint density at radius 3 is 2.66 bits per heavy atom. The monoisotopic (exact) mass is 480 g/mol. The van der Waals surface area contributed by atoms with Crippen molar-refractivity contribution in [1.29, 1.82) is 0 Å². The van der Waals surface area contributed by atoms with Gasteiger partial charge >= 0.3 is 12.2 Å². The summed E-state index contributed by atoms with van der Waals surface area (Å²) in [4.78, 5) is 33.9. The molecule has 1 saturated heterocycles. The highest BCUT2D eigenvalue weighted by molar-refractivity contribution is 6.05. The van der Waals surface area contributed by atoms with Crippen LogP contribution in [-0.4, -0.2) is 35.9 Å². The van der Waals surface area contributed by atoms with Crippen molar-refractivity contribution in [2.75, 3.05) is 28.2 Å². The number of pyridine rings is 1. The van der Waals surface area contributed by atoms with Crippen molar-refractivity contribution in [1.82, 2.24) is 4.98 Å². The second-order valence-electron chi connectivity index (χ2n) is 8.66. The van der Waals surface area contributed by atoms with Gasteiger partial charge in [0, 0.05) is 36.3 Å². The quantitative estimate of drug-likeness (QED) is 0.466. The van der Waals surface area contributed by atoms with Crippen LogP contribution in [0.4, 0.5) is 35.2 Å². The molecular formula is C26H23F3N4O2. The summed E-state index contributed by atoms with van der Waals surface area (Å²) in [5.41, 5.74) is 1.69. The molecule has 9 heteroatoms. The van der Waals surface area contributed by atoms with E-state index in [-0.39, 0.29) is 11.8 Å². The molecule has 3 aromatic rings. The van der Waals surface area contributed by atoms with Gasteiger partial charge in [0.2, 0.25) is 0 Å². The molecule has 2 aliphatic rings. The van der Waals surface area contributed by atoms with Crippen LogP contribution in [0.1, 0.15) is 35.7 Å². The summed E-state index contributed by atoms with van der Waals surface area (Å²) in [6, 6.07) is 14.7. The third kappa shape index (κ3) is 4.34. The normalized spacial score (nSPS) is 16.7. The number of carbonyl (C=O) groups excluding carboxylic acids is 2. The van der Waals surface area contributed by atoms with Gasteiger partial charge in [0.1, 0.15) is 0 Å². The van der Waals surface area contributed by atoms with Gasteiger partial charge in [0.15, 0.2) is 11.6 Å². The van der Waals surface area contributed by atoms with E-state index < -0.39 is 17.8 Å². The van der Waals surface area contributed by atoms with Gasteiger partial charge in [0.25, 0.3) is 0 Å². The number of anilines is 3. The summed E-state index contributed by atoms with van der Waals surface area (Å²) in [5.74, 6) is 0.384. The van der Waals surface area contributed by atoms with Crippen molar-refractivity contribution in [2.24, 2.45) is 0 Å². The number of benzene rings is 2. The Bertz CT molecular complexity index is 1310. The fraction of sp³-hybridized carbons (Fsp3) is 0.269. The van der Waals surface area contributed by atoms with Gasteiger partial charge in [-0.25, -0.2) is 9.78 Å². The standard InChI is InChI=1S/C26H23F3N4O2/c1-2-23(34)17-6-4-8-19(14-17)30-25(35)33-20-11-12-32(15-20)22-10-9-21(31-24(22)33)16-5-3-7-18(13-16)26(27,28)29/h3-10,13-14,20H,2,11-12,15H2,1H3,(H,30,35)/t20-/m0/s1. The molecule has 2 amide bonds. The maximum Gasteiger partial charge on any atom is 0.416 e. The predicted molar refractivity (Wildman–Crippen MR) is 128 cm³/mol. The predicted octanol–water partition coefficient (Wildman–Crippen LogP) is 5.99. The van der Waals surface area contributed by atoms with Crippen molar-refractivity contribution in [3.8, 4) is 11.3 Å². The summed E-state index contributed by atoms with van der Waals surface area (Å²) < 4.78 is 39.7. The van der Waals surface area contributed by atoms with E-state index in [1.807, 2.05) is 0 Å². The molecule has 1 N–H and O–H groups in total. The van der Waals surface area contributed by atoms with Crippen LogP contribution in [0.25, 0.3) is 11.3 Å². The topological polar surface area (TPSA) is 65.5 Å². The minimum absolute atomic E-state index is 0.0248. The average Bonchev–Trinajstić information content (AvgIpc) is 3.27. The van der Waals surface area contributed by atoms with Gasteiger partial charge in [-0.2, -0.15) is 13.2 Å². The summed E-state index contributed by atoms with van der Waals surface area (Å²) in [7, 11) is 0. The molecule has 0 aliphatic carbocycles. The molecule has 2 aliphatic heterocycles. The number of rotatable bonds is 4. The molecule has 1 fully saturated rings. The molecule has 0 radical (unpaired) electrons. The lowest BCUT2D eigenvalue weighted by Gasteiger charge is -2.36. The lowest BCUT2D eigenvalue weighted by Crippen LogP contribution is -2.48. The molecule has 3 heterocycles. The first-order chi connectivity index (χ1) is 16.7. The number of alkyl halides is 3. The van der Waals surface area contributed by atoms with Crippen LogP contribution >= 0.6 is 0 Å². The number of hydrogen-bond acceptors (Lipinski definition) is 4. The van der Waals surface area contributed by atoms with Crippen LogP contribution < -0.4 is 15.1 Å². The number of urea groups is 1. The van der Waals surface area contributed by atoms with E-state index in [0.29, 0.717) is 41.3 Å². The number of ketones is 1. The molecule has 0 saturated carbocycles. The SMILES string of the molecule is CCC(=O)c1cccc(NC(=O)N2c3nc(-c4cccc(C(F)(F)F)c4)ccc3N3CC[C@H]2C3)c1. The fourth-order valence-corrected chi connectivity index (χ4v) is 4.65. The number of hydrogen-bond donors (Lipinski definition) is 1. The Balaban J connectivity index is 1.49. The molecule has 35 heavy (non-hydrogen) atoms. The molecule has 6 nitrogen and oxygen atoms in total. The zero-order valence-electron chi connectivity index (χ0n) is 19.0. The minimum Gasteiger partial charge on any atom is -0.366 e. The highest BCUT2D eigenvalue weighted by Crippen LogP contribution is 2.41. The molecule has 2 aromatic carbocycles. The van der Waals surface area contributed by atoms with Gasteiger partial charge < -0.3 is 10.2 Å². The maximum atomic E-state index is 13.4. The second-order valence-corrected chi connectivity index (χ2v) is 8.66. The zero-order valence-corrected chi connectivity index (χ0v) is 19.0. The van der Waals surface area contributed by atoms with Crippen LogP contribution in [0.5, 0.6) is 0 Å². The van der Waals surface area contributed by atoms with Crippen molar-refractivity contribution in [3.63, 3.8) is 0 Å². The third-order valence-corrected chi connectivity index (χ3v) is 6.41. The molecule has 1 aromatic heterocycles. The van der Waals surface area contributed by atoms with E-state index in [9.17, 15) is 22.8 Å². The summed E-state index contributed by atoms with van der Waals surface area (Å²) >= 11 is 0. The smallest absolute Gasteiger partial charge is 0.366 e. The van der Waals surface area contributed by atoms with Crippen molar-refractivity contribution in [2.45, 2.75) is 32.0 Å². The number of carbonyl (C=O) groups is 2. The summed E-state index contributed by atoms with van der Waals surface area (Å²) in [6.07, 6.45) is -3.36. The zero-order chi connectivity index (χ0) is 24.7.